The second-order valence-corrected chi connectivity index (χ2v) is 8.41. The Bertz CT molecular complexity index is 934. The molecule has 1 aromatic heterocycles. The lowest BCUT2D eigenvalue weighted by Crippen LogP contribution is -2.24. The van der Waals surface area contributed by atoms with Gasteiger partial charge >= 0.3 is 0 Å². The van der Waals surface area contributed by atoms with Gasteiger partial charge in [0.25, 0.3) is 0 Å². The van der Waals surface area contributed by atoms with E-state index in [4.69, 9.17) is 9.47 Å². The van der Waals surface area contributed by atoms with Crippen molar-refractivity contribution >= 4 is 17.2 Å². The summed E-state index contributed by atoms with van der Waals surface area (Å²) in [7, 11) is 0. The third kappa shape index (κ3) is 7.28. The molecule has 2 aromatic carbocycles. The van der Waals surface area contributed by atoms with Gasteiger partial charge in [-0.1, -0.05) is 42.0 Å². The number of aryl methyl sites for hydroxylation is 1. The van der Waals surface area contributed by atoms with Crippen molar-refractivity contribution in [2.24, 2.45) is 0 Å². The predicted molar refractivity (Wildman–Crippen MR) is 120 cm³/mol. The van der Waals surface area contributed by atoms with Crippen LogP contribution in [0.15, 0.2) is 53.9 Å². The van der Waals surface area contributed by atoms with E-state index in [-0.39, 0.29) is 18.4 Å². The minimum Gasteiger partial charge on any atom is -0.486 e. The first-order chi connectivity index (χ1) is 14.5. The highest BCUT2D eigenvalue weighted by molar-refractivity contribution is 7.09. The molecule has 0 aliphatic carbocycles. The molecule has 3 aromatic rings. The third-order valence-electron chi connectivity index (χ3n) is 4.42. The summed E-state index contributed by atoms with van der Waals surface area (Å²) in [6.45, 7) is 7.59. The van der Waals surface area contributed by atoms with E-state index < -0.39 is 0 Å². The Kier molecular flexibility index (Phi) is 7.99. The molecule has 0 fully saturated rings. The number of hydrogen-bond donors (Lipinski definition) is 1. The largest absolute Gasteiger partial charge is 0.486 e. The Labute approximate surface area is 182 Å². The molecule has 30 heavy (non-hydrogen) atoms. The number of hydrogen-bond acceptors (Lipinski definition) is 5. The molecule has 158 valence electrons. The molecule has 1 heterocycles. The monoisotopic (exact) mass is 424 g/mol. The Morgan fingerprint density at radius 2 is 1.73 bits per heavy atom. The second-order valence-electron chi connectivity index (χ2n) is 7.46. The smallest absolute Gasteiger partial charge is 0.226 e. The van der Waals surface area contributed by atoms with Crippen molar-refractivity contribution in [3.05, 3.63) is 81.3 Å². The van der Waals surface area contributed by atoms with E-state index in [0.717, 1.165) is 27.6 Å². The van der Waals surface area contributed by atoms with Gasteiger partial charge < -0.3 is 14.8 Å². The standard InChI is InChI=1S/C24H28N2O3S/c1-17(2)28-14-20-8-6-19(7-9-20)13-25-23(27)12-21-16-30-24(26-21)15-29-22-10-4-18(3)5-11-22/h4-11,16-17H,12-15H2,1-3H3,(H,25,27). The van der Waals surface area contributed by atoms with Gasteiger partial charge in [-0.2, -0.15) is 0 Å². The molecule has 0 saturated heterocycles. The molecule has 6 heteroatoms. The van der Waals surface area contributed by atoms with Crippen LogP contribution >= 0.6 is 11.3 Å². The molecular weight excluding hydrogens is 396 g/mol. The molecule has 0 unspecified atom stereocenters. The number of carbonyl (C=O) groups is 1. The Morgan fingerprint density at radius 3 is 2.43 bits per heavy atom. The minimum absolute atomic E-state index is 0.0430. The van der Waals surface area contributed by atoms with Gasteiger partial charge in [-0.25, -0.2) is 4.98 Å². The van der Waals surface area contributed by atoms with Crippen LogP contribution in [-0.2, 0) is 35.7 Å². The van der Waals surface area contributed by atoms with Gasteiger partial charge in [-0.05, 0) is 44.0 Å². The second kappa shape index (κ2) is 10.9. The molecule has 3 rings (SSSR count). The maximum Gasteiger partial charge on any atom is 0.226 e. The van der Waals surface area contributed by atoms with Crippen molar-refractivity contribution in [3.63, 3.8) is 0 Å². The van der Waals surface area contributed by atoms with Gasteiger partial charge in [-0.15, -0.1) is 11.3 Å². The average Bonchev–Trinajstić information content (AvgIpc) is 3.18. The van der Waals surface area contributed by atoms with Crippen molar-refractivity contribution in [1.82, 2.24) is 10.3 Å². The number of carbonyl (C=O) groups excluding carboxylic acids is 1. The van der Waals surface area contributed by atoms with Gasteiger partial charge in [0.2, 0.25) is 5.91 Å². The zero-order chi connectivity index (χ0) is 21.3. The minimum atomic E-state index is -0.0430. The van der Waals surface area contributed by atoms with E-state index in [0.29, 0.717) is 19.8 Å². The maximum absolute atomic E-state index is 12.3. The third-order valence-corrected chi connectivity index (χ3v) is 5.29. The highest BCUT2D eigenvalue weighted by atomic mass is 32.1. The fourth-order valence-electron chi connectivity index (χ4n) is 2.72. The number of nitrogens with zero attached hydrogens (tertiary/aromatic N) is 1. The molecule has 0 spiro atoms. The van der Waals surface area contributed by atoms with Crippen LogP contribution in [0.25, 0.3) is 0 Å². The van der Waals surface area contributed by atoms with E-state index in [9.17, 15) is 4.79 Å². The molecular formula is C24H28N2O3S. The lowest BCUT2D eigenvalue weighted by molar-refractivity contribution is -0.120. The van der Waals surface area contributed by atoms with Crippen molar-refractivity contribution in [2.75, 3.05) is 0 Å². The summed E-state index contributed by atoms with van der Waals surface area (Å²) < 4.78 is 11.3. The van der Waals surface area contributed by atoms with Crippen LogP contribution in [-0.4, -0.2) is 17.0 Å². The molecule has 0 atom stereocenters. The first kappa shape index (κ1) is 22.0. The fraction of sp³-hybridized carbons (Fsp3) is 0.333. The number of ether oxygens (including phenoxy) is 2. The van der Waals surface area contributed by atoms with Gasteiger partial charge in [0.1, 0.15) is 17.4 Å². The molecule has 1 N–H and O–H groups in total. The van der Waals surface area contributed by atoms with Gasteiger partial charge in [0.05, 0.1) is 24.8 Å². The van der Waals surface area contributed by atoms with E-state index >= 15 is 0 Å². The van der Waals surface area contributed by atoms with E-state index in [1.54, 1.807) is 0 Å². The average molecular weight is 425 g/mol. The topological polar surface area (TPSA) is 60.5 Å². The summed E-state index contributed by atoms with van der Waals surface area (Å²) in [5.41, 5.74) is 4.14. The Balaban J connectivity index is 1.41. The summed E-state index contributed by atoms with van der Waals surface area (Å²) in [4.78, 5) is 16.8. The van der Waals surface area contributed by atoms with Gasteiger partial charge in [-0.3, -0.25) is 4.79 Å². The zero-order valence-corrected chi connectivity index (χ0v) is 18.5. The first-order valence-electron chi connectivity index (χ1n) is 10.1. The summed E-state index contributed by atoms with van der Waals surface area (Å²) in [6, 6.07) is 16.0. The van der Waals surface area contributed by atoms with Crippen LogP contribution in [0.5, 0.6) is 5.75 Å². The lowest BCUT2D eigenvalue weighted by atomic mass is 10.1. The van der Waals surface area contributed by atoms with Crippen LogP contribution in [0.1, 0.15) is 41.2 Å². The maximum atomic E-state index is 12.3. The van der Waals surface area contributed by atoms with Crippen molar-refractivity contribution in [1.29, 1.82) is 0 Å². The van der Waals surface area contributed by atoms with Crippen molar-refractivity contribution in [2.45, 2.75) is 53.1 Å². The first-order valence-corrected chi connectivity index (χ1v) is 10.9. The predicted octanol–water partition coefficient (Wildman–Crippen LogP) is 4.81. The summed E-state index contributed by atoms with van der Waals surface area (Å²) >= 11 is 1.51. The molecule has 0 aliphatic rings. The number of benzene rings is 2. The van der Waals surface area contributed by atoms with Gasteiger partial charge in [0, 0.05) is 11.9 Å². The van der Waals surface area contributed by atoms with Crippen molar-refractivity contribution in [3.8, 4) is 5.75 Å². The molecule has 0 saturated carbocycles. The summed E-state index contributed by atoms with van der Waals surface area (Å²) in [6.07, 6.45) is 0.478. The number of rotatable bonds is 10. The molecule has 5 nitrogen and oxygen atoms in total. The van der Waals surface area contributed by atoms with E-state index in [1.165, 1.54) is 16.9 Å². The summed E-state index contributed by atoms with van der Waals surface area (Å²) in [5.74, 6) is 0.774. The highest BCUT2D eigenvalue weighted by Crippen LogP contribution is 2.16. The van der Waals surface area contributed by atoms with Crippen molar-refractivity contribution < 1.29 is 14.3 Å². The number of aromatic nitrogens is 1. The Hall–Kier alpha value is -2.70. The highest BCUT2D eigenvalue weighted by Gasteiger charge is 2.09. The normalized spacial score (nSPS) is 10.9. The summed E-state index contributed by atoms with van der Waals surface area (Å²) in [5, 5.41) is 5.73. The van der Waals surface area contributed by atoms with Crippen LogP contribution in [0.4, 0.5) is 0 Å². The van der Waals surface area contributed by atoms with E-state index in [1.807, 2.05) is 74.7 Å². The van der Waals surface area contributed by atoms with Crippen LogP contribution < -0.4 is 10.1 Å². The fourth-order valence-corrected chi connectivity index (χ4v) is 3.42. The van der Waals surface area contributed by atoms with Gasteiger partial charge in [0.15, 0.2) is 0 Å². The molecule has 0 radical (unpaired) electrons. The zero-order valence-electron chi connectivity index (χ0n) is 17.7. The lowest BCUT2D eigenvalue weighted by Gasteiger charge is -2.09. The Morgan fingerprint density at radius 1 is 1.03 bits per heavy atom. The number of nitrogens with one attached hydrogen (secondary N) is 1. The SMILES string of the molecule is Cc1ccc(OCc2nc(CC(=O)NCc3ccc(COC(C)C)cc3)cs2)cc1. The number of thiazole rings is 1. The molecule has 0 bridgehead atoms. The van der Waals surface area contributed by atoms with Crippen LogP contribution in [0.3, 0.4) is 0 Å². The molecule has 0 aliphatic heterocycles. The molecule has 1 amide bonds. The van der Waals surface area contributed by atoms with Crippen LogP contribution in [0.2, 0.25) is 0 Å². The number of amides is 1. The van der Waals surface area contributed by atoms with E-state index in [2.05, 4.69) is 10.3 Å². The van der Waals surface area contributed by atoms with Crippen LogP contribution in [0, 0.1) is 6.92 Å². The quantitative estimate of drug-likeness (QED) is 0.507.